The first-order valence-corrected chi connectivity index (χ1v) is 21.0. The van der Waals surface area contributed by atoms with E-state index >= 15 is 0 Å². The third-order valence-electron chi connectivity index (χ3n) is 10.3. The van der Waals surface area contributed by atoms with Crippen molar-refractivity contribution >= 4 is 58.0 Å². The molecule has 6 rings (SSSR count). The Morgan fingerprint density at radius 1 is 0.738 bits per heavy atom. The lowest BCUT2D eigenvalue weighted by Crippen LogP contribution is -2.54. The number of allylic oxidation sites excluding steroid dienone is 1. The zero-order valence-electron chi connectivity index (χ0n) is 34.2. The Balaban J connectivity index is 0.827. The molecule has 0 aliphatic carbocycles. The molecule has 4 aromatic carbocycles. The second-order valence-electron chi connectivity index (χ2n) is 14.4. The molecular formula is C47H51ClN4O9. The van der Waals surface area contributed by atoms with Crippen molar-refractivity contribution in [3.05, 3.63) is 131 Å². The zero-order chi connectivity index (χ0) is 43.0. The lowest BCUT2D eigenvalue weighted by Gasteiger charge is -2.27. The summed E-state index contributed by atoms with van der Waals surface area (Å²) in [5.41, 5.74) is 6.50. The SMILES string of the molecule is CN(CCOc1ccc(C(=C(CCCl)c2ccccc2)c2ccccc2)cc1)C(=O)CCOCCOCCOCCNc1cccc2c1C(=O)N(C1CCC(=O)NC1=O)C2=O. The number of alkyl halides is 1. The van der Waals surface area contributed by atoms with Crippen LogP contribution in [0.1, 0.15) is 63.1 Å². The van der Waals surface area contributed by atoms with Gasteiger partial charge in [-0.2, -0.15) is 0 Å². The average Bonchev–Trinajstić information content (AvgIpc) is 3.53. The molecule has 14 heteroatoms. The van der Waals surface area contributed by atoms with Gasteiger partial charge in [0.1, 0.15) is 18.4 Å². The maximum atomic E-state index is 13.2. The molecule has 2 N–H and O–H groups in total. The normalized spacial score (nSPS) is 15.3. The molecule has 1 unspecified atom stereocenters. The van der Waals surface area contributed by atoms with E-state index < -0.39 is 29.7 Å². The van der Waals surface area contributed by atoms with Gasteiger partial charge in [0.2, 0.25) is 17.7 Å². The fraction of sp³-hybridized carbons (Fsp3) is 0.340. The fourth-order valence-corrected chi connectivity index (χ4v) is 7.41. The number of hydrogen-bond acceptors (Lipinski definition) is 10. The molecule has 0 radical (unpaired) electrons. The molecule has 13 nitrogen and oxygen atoms in total. The van der Waals surface area contributed by atoms with Gasteiger partial charge in [0.05, 0.1) is 63.7 Å². The number of halogens is 1. The summed E-state index contributed by atoms with van der Waals surface area (Å²) in [4.78, 5) is 65.4. The Hall–Kier alpha value is -5.86. The van der Waals surface area contributed by atoms with Gasteiger partial charge in [-0.1, -0.05) is 78.9 Å². The van der Waals surface area contributed by atoms with Crippen LogP contribution in [0.25, 0.3) is 11.1 Å². The van der Waals surface area contributed by atoms with E-state index in [1.807, 2.05) is 48.5 Å². The van der Waals surface area contributed by atoms with Gasteiger partial charge in [-0.25, -0.2) is 0 Å². The zero-order valence-corrected chi connectivity index (χ0v) is 35.0. The Kier molecular flexibility index (Phi) is 16.6. The van der Waals surface area contributed by atoms with Gasteiger partial charge in [-0.3, -0.25) is 34.2 Å². The van der Waals surface area contributed by atoms with Crippen molar-refractivity contribution in [2.45, 2.75) is 31.7 Å². The van der Waals surface area contributed by atoms with Gasteiger partial charge in [0.25, 0.3) is 11.8 Å². The summed E-state index contributed by atoms with van der Waals surface area (Å²) in [5, 5.41) is 5.34. The minimum Gasteiger partial charge on any atom is -0.492 e. The van der Waals surface area contributed by atoms with Crippen LogP contribution in [0.15, 0.2) is 103 Å². The summed E-state index contributed by atoms with van der Waals surface area (Å²) in [6, 6.07) is 32.5. The number of nitrogens with zero attached hydrogens (tertiary/aromatic N) is 2. The number of rotatable bonds is 23. The molecule has 1 saturated heterocycles. The van der Waals surface area contributed by atoms with Crippen LogP contribution < -0.4 is 15.4 Å². The highest BCUT2D eigenvalue weighted by molar-refractivity contribution is 6.25. The number of fused-ring (bicyclic) bond motifs is 1. The Bertz CT molecular complexity index is 2170. The topological polar surface area (TPSA) is 153 Å². The molecule has 5 amide bonds. The first kappa shape index (κ1) is 44.7. The van der Waals surface area contributed by atoms with Crippen LogP contribution in [0.5, 0.6) is 5.75 Å². The molecule has 320 valence electrons. The molecule has 2 aliphatic rings. The molecule has 0 bridgehead atoms. The Morgan fingerprint density at radius 2 is 1.38 bits per heavy atom. The third-order valence-corrected chi connectivity index (χ3v) is 10.5. The largest absolute Gasteiger partial charge is 0.492 e. The number of likely N-dealkylation sites (N-methyl/N-ethyl adjacent to an activating group) is 1. The molecule has 4 aromatic rings. The Labute approximate surface area is 360 Å². The number of nitrogens with one attached hydrogen (secondary N) is 2. The lowest BCUT2D eigenvalue weighted by atomic mass is 9.88. The standard InChI is InChI=1S/C47H51ClN4O9/c1-51(25-28-61-36-17-15-35(16-18-36)43(34-11-6-3-7-12-34)37(21-23-48)33-9-4-2-5-10-33)42(54)22-26-58-29-31-60-32-30-59-27-24-49-39-14-8-13-38-44(39)47(57)52(46(38)56)40-19-20-41(53)50-45(40)55/h2-18,40,49H,19-32H2,1H3,(H,50,53,55). The van der Waals surface area contributed by atoms with Gasteiger partial charge >= 0.3 is 0 Å². The van der Waals surface area contributed by atoms with Crippen molar-refractivity contribution < 1.29 is 42.9 Å². The number of ether oxygens (including phenoxy) is 4. The van der Waals surface area contributed by atoms with Crippen LogP contribution in [-0.2, 0) is 28.6 Å². The van der Waals surface area contributed by atoms with Crippen LogP contribution in [-0.4, -0.2) is 118 Å². The maximum absolute atomic E-state index is 13.2. The summed E-state index contributed by atoms with van der Waals surface area (Å²) >= 11 is 6.30. The monoisotopic (exact) mass is 850 g/mol. The summed E-state index contributed by atoms with van der Waals surface area (Å²) in [6.07, 6.45) is 1.11. The Morgan fingerprint density at radius 3 is 2.05 bits per heavy atom. The summed E-state index contributed by atoms with van der Waals surface area (Å²) in [6.45, 7) is 3.07. The van der Waals surface area contributed by atoms with E-state index in [1.54, 1.807) is 30.1 Å². The van der Waals surface area contributed by atoms with E-state index in [1.165, 1.54) is 5.57 Å². The molecule has 0 saturated carbocycles. The van der Waals surface area contributed by atoms with Gasteiger partial charge < -0.3 is 29.2 Å². The van der Waals surface area contributed by atoms with Crippen LogP contribution in [0, 0.1) is 0 Å². The van der Waals surface area contributed by atoms with Crippen molar-refractivity contribution in [3.63, 3.8) is 0 Å². The van der Waals surface area contributed by atoms with Gasteiger partial charge in [0, 0.05) is 31.6 Å². The predicted octanol–water partition coefficient (Wildman–Crippen LogP) is 6.07. The fourth-order valence-electron chi connectivity index (χ4n) is 7.22. The minimum absolute atomic E-state index is 0.0460. The summed E-state index contributed by atoms with van der Waals surface area (Å²) in [7, 11) is 1.75. The number of carbonyl (C=O) groups is 5. The quantitative estimate of drug-likeness (QED) is 0.0390. The highest BCUT2D eigenvalue weighted by Crippen LogP contribution is 2.36. The highest BCUT2D eigenvalue weighted by atomic mass is 35.5. The number of imide groups is 2. The van der Waals surface area contributed by atoms with Gasteiger partial charge in [0.15, 0.2) is 0 Å². The van der Waals surface area contributed by atoms with E-state index in [0.717, 1.165) is 33.6 Å². The molecule has 1 atom stereocenters. The van der Waals surface area contributed by atoms with Crippen molar-refractivity contribution in [1.29, 1.82) is 0 Å². The van der Waals surface area contributed by atoms with Gasteiger partial charge in [-0.15, -0.1) is 11.6 Å². The number of anilines is 1. The van der Waals surface area contributed by atoms with Crippen LogP contribution in [0.3, 0.4) is 0 Å². The molecule has 0 aromatic heterocycles. The van der Waals surface area contributed by atoms with Crippen LogP contribution in [0.2, 0.25) is 0 Å². The molecule has 2 aliphatic heterocycles. The smallest absolute Gasteiger partial charge is 0.264 e. The molecule has 61 heavy (non-hydrogen) atoms. The van der Waals surface area contributed by atoms with E-state index in [9.17, 15) is 24.0 Å². The van der Waals surface area contributed by atoms with E-state index in [2.05, 4.69) is 47.0 Å². The number of amides is 5. The molecular weight excluding hydrogens is 800 g/mol. The lowest BCUT2D eigenvalue weighted by molar-refractivity contribution is -0.136. The number of hydrogen-bond donors (Lipinski definition) is 2. The van der Waals surface area contributed by atoms with Crippen molar-refractivity contribution in [3.8, 4) is 5.75 Å². The number of piperidine rings is 1. The summed E-state index contributed by atoms with van der Waals surface area (Å²) in [5.74, 6) is -1.03. The van der Waals surface area contributed by atoms with E-state index in [4.69, 9.17) is 30.5 Å². The van der Waals surface area contributed by atoms with Crippen molar-refractivity contribution in [2.75, 3.05) is 77.6 Å². The summed E-state index contributed by atoms with van der Waals surface area (Å²) < 4.78 is 22.8. The van der Waals surface area contributed by atoms with Crippen molar-refractivity contribution in [1.82, 2.24) is 15.1 Å². The third kappa shape index (κ3) is 11.9. The number of benzene rings is 4. The van der Waals surface area contributed by atoms with Gasteiger partial charge in [-0.05, 0) is 64.9 Å². The molecule has 0 spiro atoms. The molecule has 1 fully saturated rings. The first-order chi connectivity index (χ1) is 29.8. The van der Waals surface area contributed by atoms with Crippen molar-refractivity contribution in [2.24, 2.45) is 0 Å². The minimum atomic E-state index is -1.02. The number of carbonyl (C=O) groups excluding carboxylic acids is 5. The van der Waals surface area contributed by atoms with Crippen LogP contribution in [0.4, 0.5) is 5.69 Å². The molecule has 2 heterocycles. The second-order valence-corrected chi connectivity index (χ2v) is 14.8. The van der Waals surface area contributed by atoms with Crippen LogP contribution >= 0.6 is 11.6 Å². The highest BCUT2D eigenvalue weighted by Gasteiger charge is 2.45. The average molecular weight is 851 g/mol. The van der Waals surface area contributed by atoms with E-state index in [-0.39, 0.29) is 42.9 Å². The maximum Gasteiger partial charge on any atom is 0.264 e. The second kappa shape index (κ2) is 22.7. The first-order valence-electron chi connectivity index (χ1n) is 20.5. The van der Waals surface area contributed by atoms with E-state index in [0.29, 0.717) is 70.0 Å². The predicted molar refractivity (Wildman–Crippen MR) is 232 cm³/mol.